The maximum atomic E-state index is 5.39. The van der Waals surface area contributed by atoms with E-state index in [-0.39, 0.29) is 0 Å². The van der Waals surface area contributed by atoms with Gasteiger partial charge in [0.2, 0.25) is 0 Å². The lowest BCUT2D eigenvalue weighted by Gasteiger charge is -2.05. The molecule has 0 unspecified atom stereocenters. The van der Waals surface area contributed by atoms with Crippen LogP contribution in [0.3, 0.4) is 0 Å². The van der Waals surface area contributed by atoms with Crippen LogP contribution in [0.1, 0.15) is 5.56 Å². The van der Waals surface area contributed by atoms with Crippen LogP contribution in [0.15, 0.2) is 47.2 Å². The molecule has 0 aliphatic rings. The Hall–Kier alpha value is -1.29. The summed E-state index contributed by atoms with van der Waals surface area (Å²) in [5.41, 5.74) is 1.10. The molecule has 0 bridgehead atoms. The van der Waals surface area contributed by atoms with Gasteiger partial charge in [-0.3, -0.25) is 0 Å². The maximum absolute atomic E-state index is 5.39. The molecule has 0 atom stereocenters. The molecule has 3 nitrogen and oxygen atoms in total. The van der Waals surface area contributed by atoms with Crippen molar-refractivity contribution >= 4 is 15.9 Å². The van der Waals surface area contributed by atoms with Gasteiger partial charge in [0.1, 0.15) is 6.61 Å². The van der Waals surface area contributed by atoms with Crippen molar-refractivity contribution in [3.05, 3.63) is 52.8 Å². The normalized spacial score (nSPS) is 10.1. The highest BCUT2D eigenvalue weighted by Crippen LogP contribution is 2.15. The summed E-state index contributed by atoms with van der Waals surface area (Å²) in [6, 6.07) is 9.77. The van der Waals surface area contributed by atoms with E-state index in [2.05, 4.69) is 21.0 Å². The lowest BCUT2D eigenvalue weighted by atomic mass is 10.2. The first kappa shape index (κ1) is 9.27. The lowest BCUT2D eigenvalue weighted by Crippen LogP contribution is -2.11. The Morgan fingerprint density at radius 2 is 2.14 bits per heavy atom. The summed E-state index contributed by atoms with van der Waals surface area (Å²) in [7, 11) is 0. The van der Waals surface area contributed by atoms with Crippen molar-refractivity contribution in [2.24, 2.45) is 0 Å². The Balaban J connectivity index is 2.02. The Kier molecular flexibility index (Phi) is 2.84. The number of benzene rings is 1. The zero-order valence-electron chi connectivity index (χ0n) is 7.43. The fraction of sp³-hybridized carbons (Fsp3) is 0.100. The van der Waals surface area contributed by atoms with E-state index >= 15 is 0 Å². The molecule has 0 amide bonds. The van der Waals surface area contributed by atoms with Gasteiger partial charge in [0.05, 0.1) is 12.4 Å². The number of aromatic nitrogens is 2. The molecule has 4 heteroatoms. The van der Waals surface area contributed by atoms with Crippen LogP contribution in [-0.4, -0.2) is 9.94 Å². The Morgan fingerprint density at radius 1 is 1.29 bits per heavy atom. The van der Waals surface area contributed by atoms with Crippen molar-refractivity contribution in [1.82, 2.24) is 9.94 Å². The van der Waals surface area contributed by atoms with E-state index in [4.69, 9.17) is 4.84 Å². The minimum atomic E-state index is 0.503. The fourth-order valence-corrected chi connectivity index (χ4v) is 1.48. The largest absolute Gasteiger partial charge is 0.392 e. The van der Waals surface area contributed by atoms with Gasteiger partial charge < -0.3 is 4.84 Å². The monoisotopic (exact) mass is 252 g/mol. The van der Waals surface area contributed by atoms with E-state index < -0.39 is 0 Å². The highest BCUT2D eigenvalue weighted by molar-refractivity contribution is 9.10. The molecule has 1 aromatic heterocycles. The molecule has 0 aliphatic heterocycles. The topological polar surface area (TPSA) is 27.1 Å². The number of nitrogens with zero attached hydrogens (tertiary/aromatic N) is 2. The van der Waals surface area contributed by atoms with Gasteiger partial charge in [0.25, 0.3) is 0 Å². The molecule has 2 rings (SSSR count). The number of hydrogen-bond donors (Lipinski definition) is 0. The molecule has 0 N–H and O–H groups in total. The molecular weight excluding hydrogens is 244 g/mol. The van der Waals surface area contributed by atoms with Crippen molar-refractivity contribution in [1.29, 1.82) is 0 Å². The summed E-state index contributed by atoms with van der Waals surface area (Å²) in [6.07, 6.45) is 3.44. The second kappa shape index (κ2) is 4.28. The molecule has 14 heavy (non-hydrogen) atoms. The minimum absolute atomic E-state index is 0.503. The quantitative estimate of drug-likeness (QED) is 0.839. The molecule has 0 saturated carbocycles. The van der Waals surface area contributed by atoms with Crippen molar-refractivity contribution in [3.8, 4) is 0 Å². The standard InChI is InChI=1S/C10H9BrN2O/c11-10-5-2-1-4-9(10)8-14-13-7-3-6-12-13/h1-7H,8H2. The summed E-state index contributed by atoms with van der Waals surface area (Å²) < 4.78 is 1.05. The van der Waals surface area contributed by atoms with Crippen molar-refractivity contribution in [2.75, 3.05) is 0 Å². The average molecular weight is 253 g/mol. The molecule has 72 valence electrons. The van der Waals surface area contributed by atoms with Crippen LogP contribution in [0.2, 0.25) is 0 Å². The zero-order valence-corrected chi connectivity index (χ0v) is 9.02. The predicted molar refractivity (Wildman–Crippen MR) is 56.7 cm³/mol. The van der Waals surface area contributed by atoms with Crippen LogP contribution in [0.5, 0.6) is 0 Å². The van der Waals surface area contributed by atoms with Crippen LogP contribution in [0, 0.1) is 0 Å². The summed E-state index contributed by atoms with van der Waals surface area (Å²) >= 11 is 3.45. The molecule has 0 radical (unpaired) electrons. The van der Waals surface area contributed by atoms with Crippen molar-refractivity contribution in [2.45, 2.75) is 6.61 Å². The molecule has 0 saturated heterocycles. The summed E-state index contributed by atoms with van der Waals surface area (Å²) in [5.74, 6) is 0. The van der Waals surface area contributed by atoms with E-state index in [0.29, 0.717) is 6.61 Å². The van der Waals surface area contributed by atoms with E-state index in [9.17, 15) is 0 Å². The average Bonchev–Trinajstić information content (AvgIpc) is 2.69. The third-order valence-corrected chi connectivity index (χ3v) is 2.56. The van der Waals surface area contributed by atoms with E-state index in [1.807, 2.05) is 30.3 Å². The third-order valence-electron chi connectivity index (χ3n) is 1.79. The van der Waals surface area contributed by atoms with Gasteiger partial charge >= 0.3 is 0 Å². The SMILES string of the molecule is Brc1ccccc1COn1cccn1. The van der Waals surface area contributed by atoms with Gasteiger partial charge in [-0.1, -0.05) is 34.1 Å². The number of hydrogen-bond acceptors (Lipinski definition) is 2. The van der Waals surface area contributed by atoms with E-state index in [1.54, 1.807) is 12.4 Å². The highest BCUT2D eigenvalue weighted by atomic mass is 79.9. The van der Waals surface area contributed by atoms with Crippen LogP contribution in [0.25, 0.3) is 0 Å². The van der Waals surface area contributed by atoms with Gasteiger partial charge in [-0.15, -0.1) is 9.94 Å². The van der Waals surface area contributed by atoms with E-state index in [0.717, 1.165) is 10.0 Å². The zero-order chi connectivity index (χ0) is 9.80. The van der Waals surface area contributed by atoms with E-state index in [1.165, 1.54) is 4.85 Å². The molecular formula is C10H9BrN2O. The van der Waals surface area contributed by atoms with Gasteiger partial charge in [-0.2, -0.15) is 0 Å². The first-order chi connectivity index (χ1) is 6.86. The third kappa shape index (κ3) is 2.14. The van der Waals surface area contributed by atoms with Crippen LogP contribution in [0.4, 0.5) is 0 Å². The second-order valence-electron chi connectivity index (χ2n) is 2.77. The van der Waals surface area contributed by atoms with Crippen molar-refractivity contribution in [3.63, 3.8) is 0 Å². The highest BCUT2D eigenvalue weighted by Gasteiger charge is 1.98. The fourth-order valence-electron chi connectivity index (χ4n) is 1.08. The first-order valence-electron chi connectivity index (χ1n) is 4.22. The predicted octanol–water partition coefficient (Wildman–Crippen LogP) is 2.27. The van der Waals surface area contributed by atoms with Gasteiger partial charge in [-0.05, 0) is 12.1 Å². The van der Waals surface area contributed by atoms with Gasteiger partial charge in [0.15, 0.2) is 0 Å². The molecule has 1 heterocycles. The molecule has 2 aromatic rings. The summed E-state index contributed by atoms with van der Waals surface area (Å²) in [6.45, 7) is 0.503. The maximum Gasteiger partial charge on any atom is 0.143 e. The van der Waals surface area contributed by atoms with Crippen LogP contribution in [-0.2, 0) is 6.61 Å². The summed E-state index contributed by atoms with van der Waals surface area (Å²) in [4.78, 5) is 6.83. The molecule has 0 spiro atoms. The smallest absolute Gasteiger partial charge is 0.143 e. The Labute approximate surface area is 90.4 Å². The Morgan fingerprint density at radius 3 is 2.86 bits per heavy atom. The number of halogens is 1. The van der Waals surface area contributed by atoms with Crippen LogP contribution >= 0.6 is 15.9 Å². The second-order valence-corrected chi connectivity index (χ2v) is 3.63. The first-order valence-corrected chi connectivity index (χ1v) is 5.02. The minimum Gasteiger partial charge on any atom is -0.392 e. The lowest BCUT2D eigenvalue weighted by molar-refractivity contribution is 0.0697. The summed E-state index contributed by atoms with van der Waals surface area (Å²) in [5, 5.41) is 3.94. The molecule has 1 aromatic carbocycles. The molecule has 0 fully saturated rings. The van der Waals surface area contributed by atoms with Gasteiger partial charge in [0, 0.05) is 10.0 Å². The van der Waals surface area contributed by atoms with Gasteiger partial charge in [-0.25, -0.2) is 0 Å². The van der Waals surface area contributed by atoms with Crippen LogP contribution < -0.4 is 4.84 Å². The number of rotatable bonds is 3. The Bertz CT molecular complexity index is 400. The molecule has 0 aliphatic carbocycles. The van der Waals surface area contributed by atoms with Crippen molar-refractivity contribution < 1.29 is 4.84 Å².